The van der Waals surface area contributed by atoms with Crippen LogP contribution in [-0.2, 0) is 16.1 Å². The van der Waals surface area contributed by atoms with E-state index >= 15 is 0 Å². The maximum Gasteiger partial charge on any atom is 0.234 e. The lowest BCUT2D eigenvalue weighted by atomic mass is 9.95. The van der Waals surface area contributed by atoms with E-state index in [0.29, 0.717) is 13.1 Å². The van der Waals surface area contributed by atoms with Crippen LogP contribution in [0.1, 0.15) is 30.0 Å². The van der Waals surface area contributed by atoms with E-state index in [9.17, 15) is 4.79 Å². The van der Waals surface area contributed by atoms with E-state index in [1.54, 1.807) is 6.20 Å². The van der Waals surface area contributed by atoms with Gasteiger partial charge in [-0.25, -0.2) is 0 Å². The van der Waals surface area contributed by atoms with Crippen LogP contribution in [0.15, 0.2) is 42.7 Å². The molecule has 0 saturated carbocycles. The van der Waals surface area contributed by atoms with E-state index in [1.807, 2.05) is 16.9 Å². The Labute approximate surface area is 147 Å². The molecule has 1 saturated heterocycles. The number of nitrogens with zero attached hydrogens (tertiary/aromatic N) is 3. The van der Waals surface area contributed by atoms with Crippen molar-refractivity contribution in [2.24, 2.45) is 0 Å². The molecule has 2 aliphatic heterocycles. The van der Waals surface area contributed by atoms with Crippen LogP contribution in [0.3, 0.4) is 0 Å². The Morgan fingerprint density at radius 1 is 1.32 bits per heavy atom. The summed E-state index contributed by atoms with van der Waals surface area (Å²) in [6.45, 7) is 3.41. The third kappa shape index (κ3) is 3.75. The second-order valence-corrected chi connectivity index (χ2v) is 6.81. The number of amides is 1. The van der Waals surface area contributed by atoms with Crippen molar-refractivity contribution in [3.8, 4) is 0 Å². The van der Waals surface area contributed by atoms with Crippen molar-refractivity contribution in [1.29, 1.82) is 0 Å². The van der Waals surface area contributed by atoms with Crippen LogP contribution in [0, 0.1) is 0 Å². The molecule has 1 amide bonds. The molecule has 0 bridgehead atoms. The molecule has 2 atom stereocenters. The monoisotopic (exact) mass is 340 g/mol. The zero-order valence-corrected chi connectivity index (χ0v) is 14.3. The number of nitrogens with one attached hydrogen (secondary N) is 1. The highest BCUT2D eigenvalue weighted by atomic mass is 16.5. The summed E-state index contributed by atoms with van der Waals surface area (Å²) in [7, 11) is 0. The molecule has 2 aromatic rings. The lowest BCUT2D eigenvalue weighted by molar-refractivity contribution is -0.123. The van der Waals surface area contributed by atoms with Gasteiger partial charge < -0.3 is 10.1 Å². The summed E-state index contributed by atoms with van der Waals surface area (Å²) in [5, 5.41) is 7.43. The minimum absolute atomic E-state index is 0.0640. The van der Waals surface area contributed by atoms with Gasteiger partial charge in [-0.2, -0.15) is 5.10 Å². The molecular formula is C19H24N4O2. The van der Waals surface area contributed by atoms with Crippen molar-refractivity contribution in [3.05, 3.63) is 53.9 Å². The van der Waals surface area contributed by atoms with Gasteiger partial charge in [-0.1, -0.05) is 24.3 Å². The van der Waals surface area contributed by atoms with Crippen molar-refractivity contribution in [3.63, 3.8) is 0 Å². The Hall–Kier alpha value is -2.18. The smallest absolute Gasteiger partial charge is 0.234 e. The first-order valence-electron chi connectivity index (χ1n) is 8.97. The highest BCUT2D eigenvalue weighted by Gasteiger charge is 2.27. The predicted molar refractivity (Wildman–Crippen MR) is 94.1 cm³/mol. The molecule has 6 heteroatoms. The number of rotatable bonds is 5. The minimum atomic E-state index is 0.0640. The van der Waals surface area contributed by atoms with Gasteiger partial charge in [-0.15, -0.1) is 0 Å². The summed E-state index contributed by atoms with van der Waals surface area (Å²) < 4.78 is 7.55. The van der Waals surface area contributed by atoms with Gasteiger partial charge in [-0.3, -0.25) is 14.4 Å². The zero-order chi connectivity index (χ0) is 17.1. The Morgan fingerprint density at radius 2 is 2.24 bits per heavy atom. The lowest BCUT2D eigenvalue weighted by Gasteiger charge is -2.34. The number of carbonyl (C=O) groups is 1. The molecule has 132 valence electrons. The molecule has 4 rings (SSSR count). The fourth-order valence-electron chi connectivity index (χ4n) is 3.76. The highest BCUT2D eigenvalue weighted by molar-refractivity contribution is 5.78. The number of aromatic nitrogens is 2. The van der Waals surface area contributed by atoms with Crippen LogP contribution in [0.5, 0.6) is 0 Å². The quantitative estimate of drug-likeness (QED) is 0.898. The molecule has 1 fully saturated rings. The molecular weight excluding hydrogens is 316 g/mol. The van der Waals surface area contributed by atoms with Crippen LogP contribution in [-0.4, -0.2) is 52.9 Å². The third-order valence-electron chi connectivity index (χ3n) is 5.00. The maximum absolute atomic E-state index is 12.3. The number of ether oxygens (including phenoxy) is 1. The van der Waals surface area contributed by atoms with E-state index < -0.39 is 0 Å². The topological polar surface area (TPSA) is 59.4 Å². The fraction of sp³-hybridized carbons (Fsp3) is 0.474. The van der Waals surface area contributed by atoms with Crippen LogP contribution in [0.4, 0.5) is 0 Å². The normalized spacial score (nSPS) is 23.4. The number of hydrogen-bond acceptors (Lipinski definition) is 4. The van der Waals surface area contributed by atoms with Crippen LogP contribution in [0.25, 0.3) is 0 Å². The van der Waals surface area contributed by atoms with Gasteiger partial charge in [0, 0.05) is 38.6 Å². The standard InChI is InChI=1S/C19H24N4O2/c24-19(20-11-16-6-3-10-25-16)14-22-12-15-5-1-2-7-17(15)18(13-22)23-9-4-8-21-23/h1-2,4-5,7-9,16,18H,3,6,10-14H2,(H,20,24). The first kappa shape index (κ1) is 16.3. The Morgan fingerprint density at radius 3 is 3.04 bits per heavy atom. The average Bonchev–Trinajstić information content (AvgIpc) is 3.33. The van der Waals surface area contributed by atoms with Crippen LogP contribution >= 0.6 is 0 Å². The fourth-order valence-corrected chi connectivity index (χ4v) is 3.76. The molecule has 3 heterocycles. The molecule has 1 aromatic heterocycles. The van der Waals surface area contributed by atoms with Gasteiger partial charge in [0.05, 0.1) is 18.7 Å². The zero-order valence-electron chi connectivity index (χ0n) is 14.3. The van der Waals surface area contributed by atoms with E-state index in [-0.39, 0.29) is 18.1 Å². The van der Waals surface area contributed by atoms with Crippen molar-refractivity contribution < 1.29 is 9.53 Å². The van der Waals surface area contributed by atoms with E-state index in [4.69, 9.17) is 4.74 Å². The molecule has 0 radical (unpaired) electrons. The van der Waals surface area contributed by atoms with Gasteiger partial charge in [0.1, 0.15) is 0 Å². The predicted octanol–water partition coefficient (Wildman–Crippen LogP) is 1.58. The van der Waals surface area contributed by atoms with Crippen molar-refractivity contribution in [1.82, 2.24) is 20.0 Å². The second-order valence-electron chi connectivity index (χ2n) is 6.81. The van der Waals surface area contributed by atoms with Gasteiger partial charge in [0.15, 0.2) is 0 Å². The second kappa shape index (κ2) is 7.37. The molecule has 6 nitrogen and oxygen atoms in total. The molecule has 1 aromatic carbocycles. The molecule has 0 spiro atoms. The minimum Gasteiger partial charge on any atom is -0.376 e. The van der Waals surface area contributed by atoms with Gasteiger partial charge in [0.25, 0.3) is 0 Å². The van der Waals surface area contributed by atoms with Gasteiger partial charge in [0.2, 0.25) is 5.91 Å². The molecule has 0 aliphatic carbocycles. The first-order valence-corrected chi connectivity index (χ1v) is 8.97. The van der Waals surface area contributed by atoms with Crippen molar-refractivity contribution in [2.45, 2.75) is 31.5 Å². The molecule has 1 N–H and O–H groups in total. The largest absolute Gasteiger partial charge is 0.376 e. The average molecular weight is 340 g/mol. The van der Waals surface area contributed by atoms with E-state index in [1.165, 1.54) is 11.1 Å². The maximum atomic E-state index is 12.3. The summed E-state index contributed by atoms with van der Waals surface area (Å²) in [6.07, 6.45) is 6.11. The van der Waals surface area contributed by atoms with Crippen molar-refractivity contribution >= 4 is 5.91 Å². The SMILES string of the molecule is O=C(CN1Cc2ccccc2C(n2cccn2)C1)NCC1CCCO1. The van der Waals surface area contributed by atoms with Crippen molar-refractivity contribution in [2.75, 3.05) is 26.2 Å². The van der Waals surface area contributed by atoms with E-state index in [0.717, 1.165) is 32.5 Å². The summed E-state index contributed by atoms with van der Waals surface area (Å²) in [5.41, 5.74) is 2.56. The number of benzene rings is 1. The Kier molecular flexibility index (Phi) is 4.81. The lowest BCUT2D eigenvalue weighted by Crippen LogP contribution is -2.44. The first-order chi connectivity index (χ1) is 12.3. The third-order valence-corrected chi connectivity index (χ3v) is 5.00. The van der Waals surface area contributed by atoms with Gasteiger partial charge >= 0.3 is 0 Å². The van der Waals surface area contributed by atoms with Crippen LogP contribution in [0.2, 0.25) is 0 Å². The number of fused-ring (bicyclic) bond motifs is 1. The summed E-state index contributed by atoms with van der Waals surface area (Å²) >= 11 is 0. The Bertz CT molecular complexity index is 710. The molecule has 25 heavy (non-hydrogen) atoms. The van der Waals surface area contributed by atoms with Crippen LogP contribution < -0.4 is 5.32 Å². The molecule has 2 aliphatic rings. The summed E-state index contributed by atoms with van der Waals surface area (Å²) in [6, 6.07) is 10.5. The highest BCUT2D eigenvalue weighted by Crippen LogP contribution is 2.28. The van der Waals surface area contributed by atoms with E-state index in [2.05, 4.69) is 39.6 Å². The number of carbonyl (C=O) groups excluding carboxylic acids is 1. The molecule has 2 unspecified atom stereocenters. The summed E-state index contributed by atoms with van der Waals surface area (Å²) in [4.78, 5) is 14.5. The number of hydrogen-bond donors (Lipinski definition) is 1. The summed E-state index contributed by atoms with van der Waals surface area (Å²) in [5.74, 6) is 0.0640. The van der Waals surface area contributed by atoms with Gasteiger partial charge in [-0.05, 0) is 30.0 Å². The Balaban J connectivity index is 1.42.